The molecule has 0 aliphatic rings. The van der Waals surface area contributed by atoms with E-state index in [4.69, 9.17) is 9.60 Å². The van der Waals surface area contributed by atoms with Crippen molar-refractivity contribution in [3.8, 4) is 44.5 Å². The molecule has 0 saturated heterocycles. The highest BCUT2D eigenvalue weighted by molar-refractivity contribution is 6.04. The molecule has 0 aliphatic carbocycles. The maximum Gasteiger partial charge on any atom is 0.0645 e. The Kier molecular flexibility index (Phi) is 4.26. The largest absolute Gasteiger partial charge is 0.311 e. The highest BCUT2D eigenvalue weighted by Crippen LogP contribution is 2.41. The van der Waals surface area contributed by atoms with E-state index in [9.17, 15) is 16.4 Å². The predicted molar refractivity (Wildman–Crippen MR) is 218 cm³/mol. The zero-order chi connectivity index (χ0) is 50.5. The fraction of sp³-hybridized carbons (Fsp3) is 0. The van der Waals surface area contributed by atoms with Crippen LogP contribution in [-0.2, 0) is 0 Å². The van der Waals surface area contributed by atoms with Gasteiger partial charge in [0.2, 0.25) is 0 Å². The van der Waals surface area contributed by atoms with Crippen molar-refractivity contribution in [3.63, 3.8) is 0 Å². The Morgan fingerprint density at radius 3 is 1.49 bits per heavy atom. The molecule has 0 N–H and O–H groups in total. The summed E-state index contributed by atoms with van der Waals surface area (Å²) < 4.78 is 174. The van der Waals surface area contributed by atoms with Gasteiger partial charge >= 0.3 is 0 Å². The van der Waals surface area contributed by atoms with Crippen LogP contribution in [0.2, 0.25) is 0 Å². The summed E-state index contributed by atoms with van der Waals surface area (Å²) in [5.74, 6) is 0. The standard InChI is InChI=1S/C50H35N/c1-3-11-36(12-4-1)38-21-28-45(29-22-38)51(46-30-23-39(24-31-46)44-20-19-37-13-7-8-17-43(37)35-44)47-32-25-42(26-33-47)50-48-18-10-9-16-41(48)27-34-49(50)40-14-5-2-6-15-40/h1-35H/i7D,8D,13D,17D,19D,20D,21D,22D,23D,24D,25D,26D,28D,29D,30D,31D,32D,33D,35D. The smallest absolute Gasteiger partial charge is 0.0645 e. The van der Waals surface area contributed by atoms with Crippen LogP contribution in [0.25, 0.3) is 66.1 Å². The van der Waals surface area contributed by atoms with Gasteiger partial charge in [-0.05, 0) is 108 Å². The minimum absolute atomic E-state index is 0.153. The lowest BCUT2D eigenvalue weighted by Gasteiger charge is -2.26. The summed E-state index contributed by atoms with van der Waals surface area (Å²) in [4.78, 5) is 0.654. The first-order valence-corrected chi connectivity index (χ1v) is 16.0. The van der Waals surface area contributed by atoms with Crippen LogP contribution in [0, 0.1) is 0 Å². The molecule has 9 aromatic carbocycles. The van der Waals surface area contributed by atoms with E-state index in [2.05, 4.69) is 0 Å². The van der Waals surface area contributed by atoms with Crippen molar-refractivity contribution < 1.29 is 26.0 Å². The summed E-state index contributed by atoms with van der Waals surface area (Å²) in [6.07, 6.45) is 0. The third kappa shape index (κ3) is 5.96. The van der Waals surface area contributed by atoms with Gasteiger partial charge in [0.05, 0.1) is 26.0 Å². The molecule has 0 atom stereocenters. The number of rotatable bonds is 7. The van der Waals surface area contributed by atoms with Crippen LogP contribution in [0.1, 0.15) is 26.0 Å². The van der Waals surface area contributed by atoms with Crippen LogP contribution >= 0.6 is 0 Å². The second-order valence-electron chi connectivity index (χ2n) is 11.4. The lowest BCUT2D eigenvalue weighted by molar-refractivity contribution is 1.28. The highest BCUT2D eigenvalue weighted by Gasteiger charge is 2.16. The number of nitrogens with zero attached hydrogens (tertiary/aromatic N) is 1. The average Bonchev–Trinajstić information content (AvgIpc) is 3.36. The molecule has 0 spiro atoms. The lowest BCUT2D eigenvalue weighted by atomic mass is 9.89. The molecule has 0 unspecified atom stereocenters. The van der Waals surface area contributed by atoms with Crippen LogP contribution < -0.4 is 4.90 Å². The van der Waals surface area contributed by atoms with E-state index in [1.54, 1.807) is 66.7 Å². The zero-order valence-corrected chi connectivity index (χ0v) is 26.7. The first kappa shape index (κ1) is 16.3. The number of hydrogen-bond acceptors (Lipinski definition) is 1. The molecular weight excluding hydrogens is 615 g/mol. The van der Waals surface area contributed by atoms with Crippen molar-refractivity contribution in [2.45, 2.75) is 0 Å². The summed E-state index contributed by atoms with van der Waals surface area (Å²) in [7, 11) is 0. The summed E-state index contributed by atoms with van der Waals surface area (Å²) in [6, 6.07) is 12.7. The average molecular weight is 669 g/mol. The van der Waals surface area contributed by atoms with Crippen LogP contribution in [0.3, 0.4) is 0 Å². The van der Waals surface area contributed by atoms with Crippen LogP contribution in [0.4, 0.5) is 17.1 Å². The molecule has 0 radical (unpaired) electrons. The van der Waals surface area contributed by atoms with Gasteiger partial charge in [0.15, 0.2) is 0 Å². The molecule has 0 amide bonds. The second kappa shape index (κ2) is 13.3. The minimum atomic E-state index is -1.03. The molecule has 0 heterocycles. The van der Waals surface area contributed by atoms with Gasteiger partial charge in [-0.1, -0.05) is 170 Å². The topological polar surface area (TPSA) is 3.24 Å². The Hall–Kier alpha value is -6.70. The van der Waals surface area contributed by atoms with Gasteiger partial charge in [-0.2, -0.15) is 0 Å². The number of benzene rings is 9. The zero-order valence-electron chi connectivity index (χ0n) is 45.7. The molecule has 9 rings (SSSR count). The van der Waals surface area contributed by atoms with Crippen molar-refractivity contribution in [1.82, 2.24) is 0 Å². The lowest BCUT2D eigenvalue weighted by Crippen LogP contribution is -2.09. The van der Waals surface area contributed by atoms with Gasteiger partial charge in [-0.25, -0.2) is 0 Å². The van der Waals surface area contributed by atoms with E-state index < -0.39 is 154 Å². The van der Waals surface area contributed by atoms with Crippen molar-refractivity contribution in [3.05, 3.63) is 212 Å². The van der Waals surface area contributed by atoms with Crippen LogP contribution in [0.5, 0.6) is 0 Å². The van der Waals surface area contributed by atoms with E-state index in [0.29, 0.717) is 32.4 Å². The van der Waals surface area contributed by atoms with Crippen molar-refractivity contribution in [2.75, 3.05) is 4.90 Å². The molecule has 51 heavy (non-hydrogen) atoms. The maximum absolute atomic E-state index is 9.71. The van der Waals surface area contributed by atoms with Gasteiger partial charge < -0.3 is 4.90 Å². The van der Waals surface area contributed by atoms with Gasteiger partial charge in [0, 0.05) is 17.1 Å². The van der Waals surface area contributed by atoms with E-state index in [1.165, 1.54) is 0 Å². The summed E-state index contributed by atoms with van der Waals surface area (Å²) >= 11 is 0. The van der Waals surface area contributed by atoms with Gasteiger partial charge in [0.1, 0.15) is 0 Å². The Morgan fingerprint density at radius 2 is 0.843 bits per heavy atom. The SMILES string of the molecule is [2H]c1c([2H])c(N(c2c([2H])c([2H])c(-c3c([2H])c([2H])c4c([2H])c([2H])c([2H])c([2H])c4c3[2H])c([2H])c2[2H])c2c([2H])c([2H])c(-c3c(-c4ccccc4)ccc4ccccc34)c([2H])c2[2H])c([2H])c([2H])c1-c1ccccc1. The van der Waals surface area contributed by atoms with E-state index in [0.717, 1.165) is 0 Å². The molecule has 240 valence electrons. The Bertz CT molecular complexity index is 3620. The maximum atomic E-state index is 9.71. The molecule has 0 bridgehead atoms. The predicted octanol–water partition coefficient (Wildman–Crippen LogP) is 14.1. The van der Waals surface area contributed by atoms with Crippen molar-refractivity contribution in [2.24, 2.45) is 0 Å². The molecule has 9 aromatic rings. The Labute approximate surface area is 326 Å². The minimum Gasteiger partial charge on any atom is -0.311 e. The second-order valence-corrected chi connectivity index (χ2v) is 11.4. The number of fused-ring (bicyclic) bond motifs is 2. The molecular formula is C50H35N. The van der Waals surface area contributed by atoms with Crippen LogP contribution in [0.15, 0.2) is 212 Å². The first-order valence-electron chi connectivity index (χ1n) is 25.5. The normalized spacial score (nSPS) is 16.4. The summed E-state index contributed by atoms with van der Waals surface area (Å²) in [5, 5.41) is 0.290. The van der Waals surface area contributed by atoms with Crippen molar-refractivity contribution >= 4 is 38.6 Å². The van der Waals surface area contributed by atoms with Gasteiger partial charge in [-0.15, -0.1) is 0 Å². The highest BCUT2D eigenvalue weighted by atomic mass is 15.1. The monoisotopic (exact) mass is 668 g/mol. The summed E-state index contributed by atoms with van der Waals surface area (Å²) in [5.41, 5.74) is -2.26. The van der Waals surface area contributed by atoms with Crippen LogP contribution in [-0.4, -0.2) is 0 Å². The van der Waals surface area contributed by atoms with Crippen molar-refractivity contribution in [1.29, 1.82) is 0 Å². The van der Waals surface area contributed by atoms with E-state index >= 15 is 0 Å². The third-order valence-electron chi connectivity index (χ3n) is 8.33. The Balaban J connectivity index is 1.40. The molecule has 0 aliphatic heterocycles. The fourth-order valence-electron chi connectivity index (χ4n) is 5.89. The third-order valence-corrected chi connectivity index (χ3v) is 8.33. The molecule has 0 aromatic heterocycles. The molecule has 1 heteroatoms. The molecule has 1 nitrogen and oxygen atoms in total. The Morgan fingerprint density at radius 1 is 0.333 bits per heavy atom. The molecule has 0 fully saturated rings. The molecule has 0 saturated carbocycles. The van der Waals surface area contributed by atoms with E-state index in [-0.39, 0.29) is 16.7 Å². The van der Waals surface area contributed by atoms with Gasteiger partial charge in [-0.3, -0.25) is 0 Å². The first-order chi connectivity index (χ1) is 33.2. The summed E-state index contributed by atoms with van der Waals surface area (Å²) in [6.45, 7) is 0. The number of anilines is 3. The number of hydrogen-bond donors (Lipinski definition) is 0. The quantitative estimate of drug-likeness (QED) is 0.163. The van der Waals surface area contributed by atoms with Gasteiger partial charge in [0.25, 0.3) is 0 Å². The fourth-order valence-corrected chi connectivity index (χ4v) is 5.89. The van der Waals surface area contributed by atoms with E-state index in [1.807, 2.05) is 30.3 Å².